The summed E-state index contributed by atoms with van der Waals surface area (Å²) >= 11 is 1.28. The number of nitrogens with zero attached hydrogens (tertiary/aromatic N) is 2. The molecule has 0 fully saturated rings. The lowest BCUT2D eigenvalue weighted by Gasteiger charge is -2.15. The molecular formula is C13H16N4O3S. The minimum absolute atomic E-state index is 0.0595. The van der Waals surface area contributed by atoms with Crippen molar-refractivity contribution >= 4 is 22.5 Å². The van der Waals surface area contributed by atoms with Crippen LogP contribution in [0.5, 0.6) is 5.75 Å². The molecule has 0 saturated carbocycles. The van der Waals surface area contributed by atoms with Crippen LogP contribution in [0.3, 0.4) is 0 Å². The zero-order valence-corrected chi connectivity index (χ0v) is 12.5. The lowest BCUT2D eigenvalue weighted by atomic mass is 10.1. The van der Waals surface area contributed by atoms with E-state index in [1.165, 1.54) is 18.4 Å². The molecular weight excluding hydrogens is 292 g/mol. The molecule has 2 rings (SSSR count). The number of amides is 2. The Morgan fingerprint density at radius 2 is 2.19 bits per heavy atom. The quantitative estimate of drug-likeness (QED) is 0.781. The van der Waals surface area contributed by atoms with Gasteiger partial charge in [0.05, 0.1) is 13.2 Å². The predicted octanol–water partition coefficient (Wildman–Crippen LogP) is 1.71. The van der Waals surface area contributed by atoms with Crippen LogP contribution in [-0.4, -0.2) is 35.0 Å². The van der Waals surface area contributed by atoms with Crippen molar-refractivity contribution in [3.63, 3.8) is 0 Å². The monoisotopic (exact) mass is 308 g/mol. The highest BCUT2D eigenvalue weighted by molar-refractivity contribution is 7.15. The summed E-state index contributed by atoms with van der Waals surface area (Å²) in [6.45, 7) is 1.86. The van der Waals surface area contributed by atoms with Crippen molar-refractivity contribution in [3.05, 3.63) is 34.8 Å². The molecule has 0 bridgehead atoms. The van der Waals surface area contributed by atoms with Crippen LogP contribution in [0.2, 0.25) is 0 Å². The molecule has 7 nitrogen and oxygen atoms in total. The number of nitrogens with one attached hydrogen (secondary N) is 2. The van der Waals surface area contributed by atoms with Crippen molar-refractivity contribution in [1.29, 1.82) is 0 Å². The van der Waals surface area contributed by atoms with Crippen LogP contribution < -0.4 is 15.4 Å². The summed E-state index contributed by atoms with van der Waals surface area (Å²) in [6, 6.07) is 6.66. The number of methoxy groups -OCH3 is 1. The number of para-hydroxylation sites is 1. The highest BCUT2D eigenvalue weighted by Crippen LogP contribution is 2.24. The standard InChI is InChI=1S/C13H16N4O3S/c1-8-16-17-13(21-8)15-12(19)14-7-10(18)9-5-3-4-6-11(9)20-2/h3-6,10,18H,7H2,1-2H3,(H2,14,15,17,19)/t10-/m0/s1. The molecule has 2 amide bonds. The molecule has 1 heterocycles. The number of hydrogen-bond donors (Lipinski definition) is 3. The number of ether oxygens (including phenoxy) is 1. The first kappa shape index (κ1) is 15.2. The molecule has 0 unspecified atom stereocenters. The first-order valence-corrected chi connectivity index (χ1v) is 7.07. The summed E-state index contributed by atoms with van der Waals surface area (Å²) in [4.78, 5) is 11.7. The summed E-state index contributed by atoms with van der Waals surface area (Å²) in [5.74, 6) is 0.576. The molecule has 0 aliphatic heterocycles. The van der Waals surface area contributed by atoms with Gasteiger partial charge < -0.3 is 15.2 Å². The van der Waals surface area contributed by atoms with Gasteiger partial charge in [-0.3, -0.25) is 5.32 Å². The smallest absolute Gasteiger partial charge is 0.321 e. The van der Waals surface area contributed by atoms with Crippen molar-refractivity contribution in [2.75, 3.05) is 19.0 Å². The molecule has 8 heteroatoms. The molecule has 1 aromatic carbocycles. The molecule has 0 saturated heterocycles. The van der Waals surface area contributed by atoms with E-state index < -0.39 is 12.1 Å². The molecule has 112 valence electrons. The normalized spacial score (nSPS) is 11.8. The first-order valence-electron chi connectivity index (χ1n) is 6.26. The number of benzene rings is 1. The molecule has 2 aromatic rings. The maximum absolute atomic E-state index is 11.7. The summed E-state index contributed by atoms with van der Waals surface area (Å²) in [5, 5.41) is 24.0. The zero-order chi connectivity index (χ0) is 15.2. The van der Waals surface area contributed by atoms with E-state index in [1.807, 2.05) is 6.07 Å². The van der Waals surface area contributed by atoms with Gasteiger partial charge >= 0.3 is 6.03 Å². The van der Waals surface area contributed by atoms with Crippen LogP contribution in [0.15, 0.2) is 24.3 Å². The Kier molecular flexibility index (Phi) is 5.07. The van der Waals surface area contributed by atoms with Crippen LogP contribution in [-0.2, 0) is 0 Å². The minimum atomic E-state index is -0.858. The van der Waals surface area contributed by atoms with Gasteiger partial charge in [-0.2, -0.15) is 0 Å². The Labute approximate surface area is 126 Å². The third kappa shape index (κ3) is 4.14. The maximum atomic E-state index is 11.7. The Morgan fingerprint density at radius 3 is 2.86 bits per heavy atom. The summed E-state index contributed by atoms with van der Waals surface area (Å²) in [6.07, 6.45) is -0.858. The third-order valence-corrected chi connectivity index (χ3v) is 3.45. The minimum Gasteiger partial charge on any atom is -0.496 e. The van der Waals surface area contributed by atoms with Crippen LogP contribution >= 0.6 is 11.3 Å². The van der Waals surface area contributed by atoms with Crippen molar-refractivity contribution in [1.82, 2.24) is 15.5 Å². The van der Waals surface area contributed by atoms with Gasteiger partial charge in [-0.15, -0.1) is 10.2 Å². The molecule has 1 aromatic heterocycles. The van der Waals surface area contributed by atoms with E-state index in [1.54, 1.807) is 25.1 Å². The van der Waals surface area contributed by atoms with E-state index in [2.05, 4.69) is 20.8 Å². The average Bonchev–Trinajstić information content (AvgIpc) is 2.89. The molecule has 3 N–H and O–H groups in total. The Bertz CT molecular complexity index is 617. The molecule has 21 heavy (non-hydrogen) atoms. The fourth-order valence-corrected chi connectivity index (χ4v) is 2.32. The van der Waals surface area contributed by atoms with E-state index in [4.69, 9.17) is 4.74 Å². The summed E-state index contributed by atoms with van der Waals surface area (Å²) in [5.41, 5.74) is 0.618. The van der Waals surface area contributed by atoms with Gasteiger partial charge in [-0.25, -0.2) is 4.79 Å². The van der Waals surface area contributed by atoms with Gasteiger partial charge in [0, 0.05) is 12.1 Å². The van der Waals surface area contributed by atoms with Crippen molar-refractivity contribution < 1.29 is 14.6 Å². The van der Waals surface area contributed by atoms with Gasteiger partial charge in [-0.1, -0.05) is 29.5 Å². The Hall–Kier alpha value is -2.19. The number of anilines is 1. The third-order valence-electron chi connectivity index (χ3n) is 2.70. The number of aliphatic hydroxyl groups is 1. The number of aromatic nitrogens is 2. The van der Waals surface area contributed by atoms with E-state index in [9.17, 15) is 9.90 Å². The van der Waals surface area contributed by atoms with Crippen LogP contribution in [0.1, 0.15) is 16.7 Å². The van der Waals surface area contributed by atoms with Gasteiger partial charge in [0.2, 0.25) is 5.13 Å². The molecule has 1 atom stereocenters. The average molecular weight is 308 g/mol. The molecule has 0 radical (unpaired) electrons. The molecule has 0 aliphatic carbocycles. The predicted molar refractivity (Wildman–Crippen MR) is 79.6 cm³/mol. The zero-order valence-electron chi connectivity index (χ0n) is 11.7. The lowest BCUT2D eigenvalue weighted by Crippen LogP contribution is -2.32. The fraction of sp³-hybridized carbons (Fsp3) is 0.308. The van der Waals surface area contributed by atoms with Crippen molar-refractivity contribution in [3.8, 4) is 5.75 Å². The van der Waals surface area contributed by atoms with Crippen molar-refractivity contribution in [2.45, 2.75) is 13.0 Å². The van der Waals surface area contributed by atoms with Gasteiger partial charge in [0.25, 0.3) is 0 Å². The highest BCUT2D eigenvalue weighted by atomic mass is 32.1. The molecule has 0 aliphatic rings. The number of carbonyl (C=O) groups excluding carboxylic acids is 1. The van der Waals surface area contributed by atoms with Crippen LogP contribution in [0.25, 0.3) is 0 Å². The second-order valence-corrected chi connectivity index (χ2v) is 5.40. The Balaban J connectivity index is 1.88. The van der Waals surface area contributed by atoms with Gasteiger partial charge in [-0.05, 0) is 13.0 Å². The lowest BCUT2D eigenvalue weighted by molar-refractivity contribution is 0.171. The van der Waals surface area contributed by atoms with Gasteiger partial charge in [0.1, 0.15) is 10.8 Å². The second-order valence-electron chi connectivity index (χ2n) is 4.22. The highest BCUT2D eigenvalue weighted by Gasteiger charge is 2.14. The second kappa shape index (κ2) is 7.00. The molecule has 0 spiro atoms. The van der Waals surface area contributed by atoms with E-state index >= 15 is 0 Å². The van der Waals surface area contributed by atoms with Gasteiger partial charge in [0.15, 0.2) is 0 Å². The topological polar surface area (TPSA) is 96.4 Å². The van der Waals surface area contributed by atoms with E-state index in [0.29, 0.717) is 16.4 Å². The van der Waals surface area contributed by atoms with E-state index in [-0.39, 0.29) is 6.54 Å². The first-order chi connectivity index (χ1) is 10.1. The Morgan fingerprint density at radius 1 is 1.43 bits per heavy atom. The number of aryl methyl sites for hydroxylation is 1. The number of carbonyl (C=O) groups is 1. The summed E-state index contributed by atoms with van der Waals surface area (Å²) in [7, 11) is 1.53. The largest absolute Gasteiger partial charge is 0.496 e. The number of rotatable bonds is 5. The maximum Gasteiger partial charge on any atom is 0.321 e. The van der Waals surface area contributed by atoms with Crippen molar-refractivity contribution in [2.24, 2.45) is 0 Å². The fourth-order valence-electron chi connectivity index (χ4n) is 1.73. The number of aliphatic hydroxyl groups excluding tert-OH is 1. The summed E-state index contributed by atoms with van der Waals surface area (Å²) < 4.78 is 5.17. The van der Waals surface area contributed by atoms with Crippen LogP contribution in [0, 0.1) is 6.92 Å². The number of hydrogen-bond acceptors (Lipinski definition) is 6. The van der Waals surface area contributed by atoms with Crippen LogP contribution in [0.4, 0.5) is 9.93 Å². The van der Waals surface area contributed by atoms with E-state index in [0.717, 1.165) is 5.01 Å². The SMILES string of the molecule is COc1ccccc1[C@@H](O)CNC(=O)Nc1nnc(C)s1. The number of urea groups is 1.